The van der Waals surface area contributed by atoms with Gasteiger partial charge in [0.2, 0.25) is 0 Å². The Morgan fingerprint density at radius 3 is 2.50 bits per heavy atom. The van der Waals surface area contributed by atoms with E-state index in [0.717, 1.165) is 0 Å². The van der Waals surface area contributed by atoms with E-state index in [1.54, 1.807) is 13.0 Å². The fourth-order valence-corrected chi connectivity index (χ4v) is 1.42. The Bertz CT molecular complexity index is 506. The molecule has 2 atom stereocenters. The smallest absolute Gasteiger partial charge is 0.321 e. The van der Waals surface area contributed by atoms with Crippen LogP contribution in [0.4, 0.5) is 9.18 Å². The van der Waals surface area contributed by atoms with Gasteiger partial charge in [0.15, 0.2) is 17.7 Å². The zero-order valence-corrected chi connectivity index (χ0v) is 11.6. The van der Waals surface area contributed by atoms with E-state index in [1.807, 2.05) is 5.32 Å². The predicted octanol–water partition coefficient (Wildman–Crippen LogP) is 1.07. The molecule has 1 aromatic rings. The lowest BCUT2D eigenvalue weighted by atomic mass is 10.1. The minimum atomic E-state index is -1.01. The SMILES string of the molecule is CNC(=O)NC(=O)C(C)Oc1ccc([C@@H](C)N)cc1F. The van der Waals surface area contributed by atoms with Crippen molar-refractivity contribution in [3.05, 3.63) is 29.6 Å². The van der Waals surface area contributed by atoms with E-state index < -0.39 is 23.9 Å². The Labute approximate surface area is 116 Å². The van der Waals surface area contributed by atoms with Gasteiger partial charge in [0.05, 0.1) is 0 Å². The Kier molecular flexibility index (Phi) is 5.45. The molecule has 0 spiro atoms. The number of nitrogens with one attached hydrogen (secondary N) is 2. The molecule has 0 fully saturated rings. The summed E-state index contributed by atoms with van der Waals surface area (Å²) in [7, 11) is 1.38. The molecule has 4 N–H and O–H groups in total. The van der Waals surface area contributed by atoms with E-state index in [2.05, 4.69) is 5.32 Å². The van der Waals surface area contributed by atoms with Gasteiger partial charge in [0, 0.05) is 13.1 Å². The third kappa shape index (κ3) is 4.20. The van der Waals surface area contributed by atoms with Crippen LogP contribution in [-0.4, -0.2) is 25.1 Å². The summed E-state index contributed by atoms with van der Waals surface area (Å²) < 4.78 is 19.0. The number of halogens is 1. The van der Waals surface area contributed by atoms with Gasteiger partial charge < -0.3 is 15.8 Å². The van der Waals surface area contributed by atoms with Crippen LogP contribution in [0, 0.1) is 5.82 Å². The van der Waals surface area contributed by atoms with Crippen LogP contribution in [0.25, 0.3) is 0 Å². The molecule has 0 bridgehead atoms. The number of benzene rings is 1. The van der Waals surface area contributed by atoms with E-state index in [1.165, 1.54) is 26.1 Å². The second kappa shape index (κ2) is 6.85. The molecule has 7 heteroatoms. The molecular formula is C13H18FN3O3. The molecule has 3 amide bonds. The maximum Gasteiger partial charge on any atom is 0.321 e. The highest BCUT2D eigenvalue weighted by atomic mass is 19.1. The summed E-state index contributed by atoms with van der Waals surface area (Å²) in [6.45, 7) is 3.14. The van der Waals surface area contributed by atoms with Gasteiger partial charge >= 0.3 is 6.03 Å². The van der Waals surface area contributed by atoms with Gasteiger partial charge in [-0.2, -0.15) is 0 Å². The minimum absolute atomic E-state index is 0.0750. The fourth-order valence-electron chi connectivity index (χ4n) is 1.42. The first-order chi connectivity index (χ1) is 9.35. The van der Waals surface area contributed by atoms with E-state index in [9.17, 15) is 14.0 Å². The minimum Gasteiger partial charge on any atom is -0.478 e. The number of hydrogen-bond acceptors (Lipinski definition) is 4. The van der Waals surface area contributed by atoms with Crippen molar-refractivity contribution in [1.82, 2.24) is 10.6 Å². The highest BCUT2D eigenvalue weighted by Gasteiger charge is 2.18. The topological polar surface area (TPSA) is 93.5 Å². The zero-order chi connectivity index (χ0) is 15.3. The standard InChI is InChI=1S/C13H18FN3O3/c1-7(15)9-4-5-11(10(14)6-9)20-8(2)12(18)17-13(19)16-3/h4-8H,15H2,1-3H3,(H2,16,17,18,19)/t7-,8?/m1/s1. The van der Waals surface area contributed by atoms with Gasteiger partial charge in [0.1, 0.15) is 0 Å². The van der Waals surface area contributed by atoms with Crippen LogP contribution in [0.15, 0.2) is 18.2 Å². The van der Waals surface area contributed by atoms with Gasteiger partial charge in [-0.3, -0.25) is 10.1 Å². The van der Waals surface area contributed by atoms with Crippen molar-refractivity contribution < 1.29 is 18.7 Å². The van der Waals surface area contributed by atoms with E-state index >= 15 is 0 Å². The molecule has 1 unspecified atom stereocenters. The van der Waals surface area contributed by atoms with Crippen molar-refractivity contribution in [2.24, 2.45) is 5.73 Å². The summed E-state index contributed by atoms with van der Waals surface area (Å²) in [4.78, 5) is 22.5. The number of carbonyl (C=O) groups is 2. The maximum absolute atomic E-state index is 13.8. The van der Waals surface area contributed by atoms with Gasteiger partial charge in [0.25, 0.3) is 5.91 Å². The number of hydrogen-bond donors (Lipinski definition) is 3. The Morgan fingerprint density at radius 1 is 1.35 bits per heavy atom. The monoisotopic (exact) mass is 283 g/mol. The average Bonchev–Trinajstić information content (AvgIpc) is 2.40. The average molecular weight is 283 g/mol. The zero-order valence-electron chi connectivity index (χ0n) is 11.6. The normalized spacial score (nSPS) is 13.2. The van der Waals surface area contributed by atoms with Crippen molar-refractivity contribution in [2.75, 3.05) is 7.05 Å². The predicted molar refractivity (Wildman–Crippen MR) is 71.7 cm³/mol. The second-order valence-corrected chi connectivity index (χ2v) is 4.31. The van der Waals surface area contributed by atoms with Crippen molar-refractivity contribution in [3.63, 3.8) is 0 Å². The molecule has 1 aromatic carbocycles. The van der Waals surface area contributed by atoms with Crippen LogP contribution >= 0.6 is 0 Å². The Balaban J connectivity index is 2.73. The van der Waals surface area contributed by atoms with Crippen molar-refractivity contribution >= 4 is 11.9 Å². The third-order valence-electron chi connectivity index (χ3n) is 2.62. The number of nitrogens with two attached hydrogens (primary N) is 1. The maximum atomic E-state index is 13.8. The molecule has 20 heavy (non-hydrogen) atoms. The number of rotatable bonds is 4. The highest BCUT2D eigenvalue weighted by Crippen LogP contribution is 2.22. The second-order valence-electron chi connectivity index (χ2n) is 4.31. The summed E-state index contributed by atoms with van der Waals surface area (Å²) in [5, 5.41) is 4.27. The first kappa shape index (κ1) is 15.9. The Morgan fingerprint density at radius 2 is 2.00 bits per heavy atom. The van der Waals surface area contributed by atoms with Crippen LogP contribution in [-0.2, 0) is 4.79 Å². The molecule has 0 saturated heterocycles. The third-order valence-corrected chi connectivity index (χ3v) is 2.62. The van der Waals surface area contributed by atoms with Crippen LogP contribution in [0.2, 0.25) is 0 Å². The summed E-state index contributed by atoms with van der Waals surface area (Å²) >= 11 is 0. The van der Waals surface area contributed by atoms with E-state index in [-0.39, 0.29) is 11.8 Å². The summed E-state index contributed by atoms with van der Waals surface area (Å²) in [6, 6.07) is 3.32. The number of urea groups is 1. The molecule has 0 aliphatic carbocycles. The first-order valence-corrected chi connectivity index (χ1v) is 6.09. The number of carbonyl (C=O) groups excluding carboxylic acids is 2. The van der Waals surface area contributed by atoms with Crippen LogP contribution < -0.4 is 21.1 Å². The summed E-state index contributed by atoms with van der Waals surface area (Å²) in [5.41, 5.74) is 6.26. The lowest BCUT2D eigenvalue weighted by Gasteiger charge is -2.15. The van der Waals surface area contributed by atoms with Gasteiger partial charge in [-0.15, -0.1) is 0 Å². The van der Waals surface area contributed by atoms with Gasteiger partial charge in [-0.25, -0.2) is 9.18 Å². The number of ether oxygens (including phenoxy) is 1. The molecule has 0 aliphatic rings. The van der Waals surface area contributed by atoms with Crippen LogP contribution in [0.3, 0.4) is 0 Å². The molecule has 110 valence electrons. The quantitative estimate of drug-likeness (QED) is 0.770. The summed E-state index contributed by atoms with van der Waals surface area (Å²) in [6.07, 6.45) is -1.01. The Hall–Kier alpha value is -2.15. The van der Waals surface area contributed by atoms with E-state index in [4.69, 9.17) is 10.5 Å². The van der Waals surface area contributed by atoms with Gasteiger partial charge in [-0.1, -0.05) is 6.07 Å². The van der Waals surface area contributed by atoms with Crippen molar-refractivity contribution in [2.45, 2.75) is 26.0 Å². The molecular weight excluding hydrogens is 265 g/mol. The molecule has 6 nitrogen and oxygen atoms in total. The molecule has 0 aliphatic heterocycles. The number of amides is 3. The van der Waals surface area contributed by atoms with E-state index in [0.29, 0.717) is 5.56 Å². The molecule has 0 radical (unpaired) electrons. The molecule has 0 aromatic heterocycles. The van der Waals surface area contributed by atoms with Crippen molar-refractivity contribution in [3.8, 4) is 5.75 Å². The highest BCUT2D eigenvalue weighted by molar-refractivity contribution is 5.96. The van der Waals surface area contributed by atoms with Crippen LogP contribution in [0.1, 0.15) is 25.5 Å². The number of imide groups is 1. The molecule has 1 rings (SSSR count). The lowest BCUT2D eigenvalue weighted by Crippen LogP contribution is -2.44. The molecule has 0 heterocycles. The first-order valence-electron chi connectivity index (χ1n) is 6.09. The van der Waals surface area contributed by atoms with Crippen LogP contribution in [0.5, 0.6) is 5.75 Å². The lowest BCUT2D eigenvalue weighted by molar-refractivity contribution is -0.126. The summed E-state index contributed by atoms with van der Waals surface area (Å²) in [5.74, 6) is -1.35. The van der Waals surface area contributed by atoms with Gasteiger partial charge in [-0.05, 0) is 31.5 Å². The molecule has 0 saturated carbocycles. The largest absolute Gasteiger partial charge is 0.478 e. The van der Waals surface area contributed by atoms with Crippen molar-refractivity contribution in [1.29, 1.82) is 0 Å². The fraction of sp³-hybridized carbons (Fsp3) is 0.385.